The summed E-state index contributed by atoms with van der Waals surface area (Å²) in [7, 11) is 0. The van der Waals surface area contributed by atoms with Crippen molar-refractivity contribution >= 4 is 28.1 Å². The van der Waals surface area contributed by atoms with Crippen molar-refractivity contribution in [1.82, 2.24) is 9.66 Å². The lowest BCUT2D eigenvalue weighted by Crippen LogP contribution is -2.20. The summed E-state index contributed by atoms with van der Waals surface area (Å²) in [5, 5.41) is 5.93. The van der Waals surface area contributed by atoms with Gasteiger partial charge >= 0.3 is 0 Å². The van der Waals surface area contributed by atoms with Gasteiger partial charge in [0.25, 0.3) is 5.56 Å². The number of furan rings is 1. The molecule has 0 amide bonds. The Morgan fingerprint density at radius 3 is 2.67 bits per heavy atom. The Kier molecular flexibility index (Phi) is 6.52. The van der Waals surface area contributed by atoms with Gasteiger partial charge in [0.1, 0.15) is 12.2 Å². The van der Waals surface area contributed by atoms with E-state index in [2.05, 4.69) is 5.10 Å². The van der Waals surface area contributed by atoms with E-state index < -0.39 is 0 Å². The SMILES string of the molecule is CCOc1cc(C=Nn2c(-c3cc4ccccc4o3)nc3ccccc3c2=O)ccc1OCc1ccc2c(c1)OCO2. The fourth-order valence-corrected chi connectivity index (χ4v) is 4.79. The van der Waals surface area contributed by atoms with E-state index in [1.807, 2.05) is 79.7 Å². The predicted molar refractivity (Wildman–Crippen MR) is 159 cm³/mol. The number of benzene rings is 4. The Morgan fingerprint density at radius 2 is 1.76 bits per heavy atom. The van der Waals surface area contributed by atoms with Crippen LogP contribution >= 0.6 is 0 Å². The Hall–Kier alpha value is -5.57. The lowest BCUT2D eigenvalue weighted by molar-refractivity contribution is 0.174. The molecule has 3 heterocycles. The highest BCUT2D eigenvalue weighted by atomic mass is 16.7. The Labute approximate surface area is 240 Å². The molecule has 0 fully saturated rings. The molecular formula is C33H25N3O6. The number of nitrogens with zero attached hydrogens (tertiary/aromatic N) is 3. The summed E-state index contributed by atoms with van der Waals surface area (Å²) in [4.78, 5) is 18.3. The number of fused-ring (bicyclic) bond motifs is 3. The molecule has 9 heteroatoms. The average Bonchev–Trinajstić information content (AvgIpc) is 3.67. The van der Waals surface area contributed by atoms with Crippen molar-refractivity contribution in [2.24, 2.45) is 5.10 Å². The summed E-state index contributed by atoms with van der Waals surface area (Å²) in [5.74, 6) is 3.32. The number of aromatic nitrogens is 2. The van der Waals surface area contributed by atoms with Crippen molar-refractivity contribution in [2.75, 3.05) is 13.4 Å². The Balaban J connectivity index is 1.22. The topological polar surface area (TPSA) is 97.3 Å². The molecular weight excluding hydrogens is 534 g/mol. The van der Waals surface area contributed by atoms with Gasteiger partial charge in [-0.3, -0.25) is 4.79 Å². The van der Waals surface area contributed by atoms with Crippen molar-refractivity contribution < 1.29 is 23.4 Å². The molecule has 0 saturated heterocycles. The van der Waals surface area contributed by atoms with Gasteiger partial charge in [0, 0.05) is 5.39 Å². The summed E-state index contributed by atoms with van der Waals surface area (Å²) in [6, 6.07) is 27.9. The van der Waals surface area contributed by atoms with Crippen LogP contribution in [0, 0.1) is 0 Å². The molecule has 6 aromatic rings. The molecule has 0 bridgehead atoms. The third kappa shape index (κ3) is 4.81. The highest BCUT2D eigenvalue weighted by Gasteiger charge is 2.17. The van der Waals surface area contributed by atoms with Crippen molar-refractivity contribution in [3.05, 3.63) is 112 Å². The second-order valence-corrected chi connectivity index (χ2v) is 9.58. The molecule has 0 radical (unpaired) electrons. The smallest absolute Gasteiger partial charge is 0.282 e. The average molecular weight is 560 g/mol. The van der Waals surface area contributed by atoms with Crippen LogP contribution in [0.4, 0.5) is 0 Å². The number of para-hydroxylation sites is 2. The van der Waals surface area contributed by atoms with Gasteiger partial charge in [0.15, 0.2) is 28.8 Å². The van der Waals surface area contributed by atoms with Crippen molar-refractivity contribution in [3.63, 3.8) is 0 Å². The second-order valence-electron chi connectivity index (χ2n) is 9.58. The van der Waals surface area contributed by atoms with E-state index in [1.165, 1.54) is 4.68 Å². The van der Waals surface area contributed by atoms with Gasteiger partial charge in [-0.25, -0.2) is 4.98 Å². The molecule has 9 nitrogen and oxygen atoms in total. The first-order valence-corrected chi connectivity index (χ1v) is 13.5. The molecule has 42 heavy (non-hydrogen) atoms. The van der Waals surface area contributed by atoms with Crippen LogP contribution in [-0.4, -0.2) is 29.3 Å². The largest absolute Gasteiger partial charge is 0.490 e. The third-order valence-corrected chi connectivity index (χ3v) is 6.82. The van der Waals surface area contributed by atoms with Crippen LogP contribution in [0.25, 0.3) is 33.5 Å². The highest BCUT2D eigenvalue weighted by Crippen LogP contribution is 2.34. The van der Waals surface area contributed by atoms with Crippen LogP contribution in [0.15, 0.2) is 105 Å². The highest BCUT2D eigenvalue weighted by molar-refractivity contribution is 5.85. The molecule has 0 unspecified atom stereocenters. The number of rotatable bonds is 8. The summed E-state index contributed by atoms with van der Waals surface area (Å²) in [6.07, 6.45) is 1.59. The van der Waals surface area contributed by atoms with Gasteiger partial charge in [-0.1, -0.05) is 36.4 Å². The third-order valence-electron chi connectivity index (χ3n) is 6.82. The van der Waals surface area contributed by atoms with E-state index in [0.29, 0.717) is 64.1 Å². The van der Waals surface area contributed by atoms with Gasteiger partial charge in [-0.05, 0) is 72.6 Å². The van der Waals surface area contributed by atoms with E-state index in [-0.39, 0.29) is 12.4 Å². The molecule has 208 valence electrons. The second kappa shape index (κ2) is 10.8. The first-order chi connectivity index (χ1) is 20.7. The van der Waals surface area contributed by atoms with Crippen LogP contribution < -0.4 is 24.5 Å². The number of hydrogen-bond acceptors (Lipinski definition) is 8. The molecule has 0 aliphatic carbocycles. The minimum atomic E-state index is -0.305. The summed E-state index contributed by atoms with van der Waals surface area (Å²) in [5.41, 5.74) is 2.61. The Bertz CT molecular complexity index is 1990. The van der Waals surface area contributed by atoms with E-state index in [9.17, 15) is 4.79 Å². The standard InChI is InChI=1S/C33H25N3O6/c1-2-38-29-15-21(11-13-27(29)39-19-22-12-14-28-30(16-22)41-20-40-28)18-34-36-32(31-17-23-7-3-6-10-26(23)42-31)35-25-9-5-4-8-24(25)33(36)37/h3-18H,2,19-20H2,1H3. The first kappa shape index (κ1) is 25.4. The molecule has 1 aliphatic rings. The zero-order valence-electron chi connectivity index (χ0n) is 22.7. The van der Waals surface area contributed by atoms with E-state index in [1.54, 1.807) is 24.4 Å². The van der Waals surface area contributed by atoms with Gasteiger partial charge < -0.3 is 23.4 Å². The van der Waals surface area contributed by atoms with E-state index >= 15 is 0 Å². The lowest BCUT2D eigenvalue weighted by Gasteiger charge is -2.13. The number of hydrogen-bond donors (Lipinski definition) is 0. The molecule has 0 atom stereocenters. The minimum absolute atomic E-state index is 0.221. The van der Waals surface area contributed by atoms with E-state index in [0.717, 1.165) is 16.7 Å². The van der Waals surface area contributed by atoms with Crippen molar-refractivity contribution in [1.29, 1.82) is 0 Å². The minimum Gasteiger partial charge on any atom is -0.490 e. The summed E-state index contributed by atoms with van der Waals surface area (Å²) in [6.45, 7) is 2.90. The lowest BCUT2D eigenvalue weighted by atomic mass is 10.2. The maximum absolute atomic E-state index is 13.6. The fourth-order valence-electron chi connectivity index (χ4n) is 4.79. The molecule has 7 rings (SSSR count). The molecule has 0 N–H and O–H groups in total. The van der Waals surface area contributed by atoms with Crippen LogP contribution in [0.5, 0.6) is 23.0 Å². The zero-order chi connectivity index (χ0) is 28.5. The van der Waals surface area contributed by atoms with Gasteiger partial charge in [0.05, 0.1) is 23.7 Å². The van der Waals surface area contributed by atoms with Gasteiger partial charge in [-0.2, -0.15) is 9.78 Å². The first-order valence-electron chi connectivity index (χ1n) is 13.5. The predicted octanol–water partition coefficient (Wildman–Crippen LogP) is 6.40. The monoisotopic (exact) mass is 559 g/mol. The van der Waals surface area contributed by atoms with E-state index in [4.69, 9.17) is 28.3 Å². The van der Waals surface area contributed by atoms with Crippen LogP contribution in [0.2, 0.25) is 0 Å². The molecule has 0 spiro atoms. The quantitative estimate of drug-likeness (QED) is 0.199. The Morgan fingerprint density at radius 1 is 0.905 bits per heavy atom. The normalized spacial score (nSPS) is 12.4. The van der Waals surface area contributed by atoms with Crippen molar-refractivity contribution in [2.45, 2.75) is 13.5 Å². The molecule has 0 saturated carbocycles. The fraction of sp³-hybridized carbons (Fsp3) is 0.121. The van der Waals surface area contributed by atoms with Gasteiger partial charge in [-0.15, -0.1) is 0 Å². The number of ether oxygens (including phenoxy) is 4. The summed E-state index contributed by atoms with van der Waals surface area (Å²) >= 11 is 0. The van der Waals surface area contributed by atoms with Gasteiger partial charge in [0.2, 0.25) is 12.6 Å². The molecule has 2 aromatic heterocycles. The molecule has 4 aromatic carbocycles. The molecule has 1 aliphatic heterocycles. The van der Waals surface area contributed by atoms with Crippen LogP contribution in [0.3, 0.4) is 0 Å². The maximum atomic E-state index is 13.6. The van der Waals surface area contributed by atoms with Crippen LogP contribution in [0.1, 0.15) is 18.1 Å². The maximum Gasteiger partial charge on any atom is 0.282 e. The van der Waals surface area contributed by atoms with Crippen LogP contribution in [-0.2, 0) is 6.61 Å². The zero-order valence-corrected chi connectivity index (χ0v) is 22.7. The van der Waals surface area contributed by atoms with Crippen molar-refractivity contribution in [3.8, 4) is 34.6 Å². The summed E-state index contributed by atoms with van der Waals surface area (Å²) < 4.78 is 30.1.